The second-order valence-corrected chi connectivity index (χ2v) is 11.1. The van der Waals surface area contributed by atoms with Gasteiger partial charge in [-0.25, -0.2) is 4.98 Å². The van der Waals surface area contributed by atoms with Gasteiger partial charge in [0.05, 0.1) is 6.33 Å². The van der Waals surface area contributed by atoms with Crippen molar-refractivity contribution in [2.45, 2.75) is 37.4 Å². The summed E-state index contributed by atoms with van der Waals surface area (Å²) in [5, 5.41) is 3.13. The number of nitrogens with zero attached hydrogens (tertiary/aromatic N) is 2. The lowest BCUT2D eigenvalue weighted by molar-refractivity contribution is 0.782. The quantitative estimate of drug-likeness (QED) is 0.652. The SMILES string of the molecule is c1ccc([Si](Cn2ccnc2)(c2ccccc2)C2CCCC2)cc1. The molecule has 0 aliphatic heterocycles. The van der Waals surface area contributed by atoms with Crippen molar-refractivity contribution in [1.82, 2.24) is 9.55 Å². The highest BCUT2D eigenvalue weighted by Gasteiger charge is 2.45. The largest absolute Gasteiger partial charge is 0.340 e. The van der Waals surface area contributed by atoms with E-state index in [-0.39, 0.29) is 0 Å². The van der Waals surface area contributed by atoms with Gasteiger partial charge in [0, 0.05) is 18.6 Å². The average Bonchev–Trinajstić information content (AvgIpc) is 3.35. The molecule has 3 aromatic rings. The molecule has 1 saturated carbocycles. The van der Waals surface area contributed by atoms with Crippen molar-refractivity contribution in [2.75, 3.05) is 0 Å². The van der Waals surface area contributed by atoms with Gasteiger partial charge in [-0.1, -0.05) is 96.7 Å². The molecule has 0 spiro atoms. The van der Waals surface area contributed by atoms with Gasteiger partial charge in [0.1, 0.15) is 8.07 Å². The molecular formula is C21H24N2Si. The van der Waals surface area contributed by atoms with E-state index in [4.69, 9.17) is 0 Å². The molecule has 1 aliphatic carbocycles. The lowest BCUT2D eigenvalue weighted by Crippen LogP contribution is -2.64. The van der Waals surface area contributed by atoms with E-state index in [0.29, 0.717) is 0 Å². The van der Waals surface area contributed by atoms with Crippen LogP contribution in [-0.4, -0.2) is 17.6 Å². The van der Waals surface area contributed by atoms with E-state index in [1.807, 2.05) is 12.5 Å². The highest BCUT2D eigenvalue weighted by molar-refractivity contribution is 7.02. The van der Waals surface area contributed by atoms with Crippen molar-refractivity contribution in [3.63, 3.8) is 0 Å². The highest BCUT2D eigenvalue weighted by atomic mass is 28.3. The maximum Gasteiger partial charge on any atom is 0.140 e. The fourth-order valence-electron chi connectivity index (χ4n) is 4.51. The third-order valence-electron chi connectivity index (χ3n) is 5.62. The van der Waals surface area contributed by atoms with Crippen LogP contribution in [0.1, 0.15) is 25.7 Å². The van der Waals surface area contributed by atoms with Crippen LogP contribution in [-0.2, 0) is 6.17 Å². The zero-order chi connectivity index (χ0) is 16.2. The summed E-state index contributed by atoms with van der Waals surface area (Å²) in [6, 6.07) is 22.6. The molecule has 24 heavy (non-hydrogen) atoms. The van der Waals surface area contributed by atoms with Crippen molar-refractivity contribution < 1.29 is 0 Å². The molecule has 1 aliphatic rings. The third-order valence-corrected chi connectivity index (χ3v) is 11.2. The minimum atomic E-state index is -1.90. The van der Waals surface area contributed by atoms with E-state index in [1.165, 1.54) is 25.7 Å². The van der Waals surface area contributed by atoms with Crippen molar-refractivity contribution in [2.24, 2.45) is 0 Å². The Balaban J connectivity index is 1.91. The van der Waals surface area contributed by atoms with Gasteiger partial charge in [-0.3, -0.25) is 0 Å². The van der Waals surface area contributed by atoms with Crippen LogP contribution in [0.3, 0.4) is 0 Å². The Labute approximate surface area is 145 Å². The van der Waals surface area contributed by atoms with Crippen LogP contribution in [0.4, 0.5) is 0 Å². The Morgan fingerprint density at radius 2 is 1.46 bits per heavy atom. The molecule has 0 atom stereocenters. The summed E-state index contributed by atoms with van der Waals surface area (Å²) in [5.41, 5.74) is 0.810. The molecule has 0 unspecified atom stereocenters. The van der Waals surface area contributed by atoms with Gasteiger partial charge < -0.3 is 4.57 Å². The minimum absolute atomic E-state index is 0.810. The summed E-state index contributed by atoms with van der Waals surface area (Å²) in [6.07, 6.45) is 12.6. The molecule has 2 aromatic carbocycles. The maximum atomic E-state index is 4.31. The number of aromatic nitrogens is 2. The molecule has 0 radical (unpaired) electrons. The highest BCUT2D eigenvalue weighted by Crippen LogP contribution is 2.39. The lowest BCUT2D eigenvalue weighted by atomic mass is 10.3. The summed E-state index contributed by atoms with van der Waals surface area (Å²) in [5.74, 6) is 0. The summed E-state index contributed by atoms with van der Waals surface area (Å²) in [7, 11) is -1.90. The van der Waals surface area contributed by atoms with Gasteiger partial charge in [0.25, 0.3) is 0 Å². The topological polar surface area (TPSA) is 17.8 Å². The zero-order valence-corrected chi connectivity index (χ0v) is 15.0. The van der Waals surface area contributed by atoms with E-state index in [1.54, 1.807) is 10.4 Å². The van der Waals surface area contributed by atoms with Crippen LogP contribution in [0.25, 0.3) is 0 Å². The molecule has 1 heterocycles. The molecule has 1 fully saturated rings. The molecule has 0 N–H and O–H groups in total. The standard InChI is InChI=1S/C21H24N2Si/c1-3-9-19(10-4-1)24(21-13-7-8-14-21,18-23-16-15-22-17-23)20-11-5-2-6-12-20/h1-6,9-12,15-17,21H,7-8,13-14,18H2. The number of hydrogen-bond donors (Lipinski definition) is 0. The Kier molecular flexibility index (Phi) is 4.35. The summed E-state index contributed by atoms with van der Waals surface area (Å²) in [4.78, 5) is 4.31. The molecule has 0 bridgehead atoms. The predicted octanol–water partition coefficient (Wildman–Crippen LogP) is 3.63. The van der Waals surface area contributed by atoms with Crippen LogP contribution >= 0.6 is 0 Å². The Morgan fingerprint density at radius 1 is 0.875 bits per heavy atom. The van der Waals surface area contributed by atoms with Gasteiger partial charge in [-0.05, 0) is 5.54 Å². The summed E-state index contributed by atoms with van der Waals surface area (Å²) < 4.78 is 2.31. The first-order valence-corrected chi connectivity index (χ1v) is 11.2. The van der Waals surface area contributed by atoms with Crippen molar-refractivity contribution in [3.8, 4) is 0 Å². The van der Waals surface area contributed by atoms with Gasteiger partial charge in [-0.15, -0.1) is 0 Å². The zero-order valence-electron chi connectivity index (χ0n) is 14.0. The smallest absolute Gasteiger partial charge is 0.140 e. The molecule has 1 aromatic heterocycles. The van der Waals surface area contributed by atoms with Crippen molar-refractivity contribution in [3.05, 3.63) is 79.4 Å². The molecule has 2 nitrogen and oxygen atoms in total. The van der Waals surface area contributed by atoms with Crippen LogP contribution in [0, 0.1) is 0 Å². The van der Waals surface area contributed by atoms with Crippen molar-refractivity contribution >= 4 is 18.4 Å². The summed E-state index contributed by atoms with van der Waals surface area (Å²) in [6.45, 7) is 0. The summed E-state index contributed by atoms with van der Waals surface area (Å²) >= 11 is 0. The Morgan fingerprint density at radius 3 is 1.96 bits per heavy atom. The second-order valence-electron chi connectivity index (χ2n) is 6.92. The van der Waals surface area contributed by atoms with Crippen LogP contribution < -0.4 is 10.4 Å². The molecule has 0 amide bonds. The molecule has 122 valence electrons. The third kappa shape index (κ3) is 2.73. The minimum Gasteiger partial charge on any atom is -0.340 e. The molecule has 0 saturated heterocycles. The maximum absolute atomic E-state index is 4.31. The van der Waals surface area contributed by atoms with Crippen LogP contribution in [0.15, 0.2) is 79.4 Å². The monoisotopic (exact) mass is 332 g/mol. The van der Waals surface area contributed by atoms with Gasteiger partial charge in [-0.2, -0.15) is 0 Å². The number of imidazole rings is 1. The van der Waals surface area contributed by atoms with E-state index < -0.39 is 8.07 Å². The first-order valence-electron chi connectivity index (χ1n) is 8.96. The fraction of sp³-hybridized carbons (Fsp3) is 0.286. The van der Waals surface area contributed by atoms with E-state index >= 15 is 0 Å². The van der Waals surface area contributed by atoms with Gasteiger partial charge in [0.15, 0.2) is 0 Å². The first-order chi connectivity index (χ1) is 11.9. The van der Waals surface area contributed by atoms with Crippen LogP contribution in [0.5, 0.6) is 0 Å². The van der Waals surface area contributed by atoms with Gasteiger partial charge >= 0.3 is 0 Å². The predicted molar refractivity (Wildman–Crippen MR) is 102 cm³/mol. The Hall–Kier alpha value is -2.13. The molecule has 3 heteroatoms. The normalized spacial score (nSPS) is 15.7. The van der Waals surface area contributed by atoms with Crippen molar-refractivity contribution in [1.29, 1.82) is 0 Å². The van der Waals surface area contributed by atoms with E-state index in [9.17, 15) is 0 Å². The first kappa shape index (κ1) is 15.4. The van der Waals surface area contributed by atoms with E-state index in [2.05, 4.69) is 76.4 Å². The number of benzene rings is 2. The lowest BCUT2D eigenvalue weighted by Gasteiger charge is -2.38. The van der Waals surface area contributed by atoms with Crippen LogP contribution in [0.2, 0.25) is 5.54 Å². The average molecular weight is 333 g/mol. The molecule has 4 rings (SSSR count). The fourth-order valence-corrected chi connectivity index (χ4v) is 10.1. The van der Waals surface area contributed by atoms with Gasteiger partial charge in [0.2, 0.25) is 0 Å². The number of rotatable bonds is 5. The molecular weight excluding hydrogens is 308 g/mol. The Bertz CT molecular complexity index is 708. The second kappa shape index (κ2) is 6.77. The van der Waals surface area contributed by atoms with E-state index in [0.717, 1.165) is 11.7 Å². The number of hydrogen-bond acceptors (Lipinski definition) is 1.